The Morgan fingerprint density at radius 3 is 2.47 bits per heavy atom. The fourth-order valence-electron chi connectivity index (χ4n) is 5.24. The van der Waals surface area contributed by atoms with Crippen molar-refractivity contribution in [2.75, 3.05) is 7.11 Å². The number of rotatable bonds is 4. The molecule has 1 aliphatic heterocycles. The van der Waals surface area contributed by atoms with Gasteiger partial charge in [-0.3, -0.25) is 9.59 Å². The minimum absolute atomic E-state index is 0.0810. The van der Waals surface area contributed by atoms with Crippen molar-refractivity contribution in [2.24, 2.45) is 11.8 Å². The van der Waals surface area contributed by atoms with Gasteiger partial charge in [0.2, 0.25) is 0 Å². The number of methoxy groups -OCH3 is 1. The Labute approximate surface area is 193 Å². The summed E-state index contributed by atoms with van der Waals surface area (Å²) in [6.07, 6.45) is 5.52. The fraction of sp³-hybridized carbons (Fsp3) is 0.560. The topological polar surface area (TPSA) is 81.7 Å². The normalized spacial score (nSPS) is 26.5. The van der Waals surface area contributed by atoms with Crippen LogP contribution in [0.3, 0.4) is 0 Å². The van der Waals surface area contributed by atoms with Gasteiger partial charge in [0.1, 0.15) is 12.0 Å². The number of aryl methyl sites for hydroxylation is 1. The van der Waals surface area contributed by atoms with Gasteiger partial charge in [0.25, 0.3) is 0 Å². The smallest absolute Gasteiger partial charge is 0.337 e. The Morgan fingerprint density at radius 1 is 1.12 bits per heavy atom. The van der Waals surface area contributed by atoms with E-state index in [1.54, 1.807) is 11.3 Å². The van der Waals surface area contributed by atoms with E-state index in [0.717, 1.165) is 46.8 Å². The van der Waals surface area contributed by atoms with Crippen LogP contribution in [0.5, 0.6) is 0 Å². The van der Waals surface area contributed by atoms with Crippen molar-refractivity contribution in [1.82, 2.24) is 5.32 Å². The predicted molar refractivity (Wildman–Crippen MR) is 122 cm³/mol. The maximum Gasteiger partial charge on any atom is 0.337 e. The third-order valence-corrected chi connectivity index (χ3v) is 7.90. The van der Waals surface area contributed by atoms with E-state index in [-0.39, 0.29) is 23.8 Å². The number of esters is 2. The van der Waals surface area contributed by atoms with Crippen LogP contribution in [-0.4, -0.2) is 30.9 Å². The molecular formula is C25H31NO5S. The summed E-state index contributed by atoms with van der Waals surface area (Å²) in [5.74, 6) is -2.73. The maximum atomic E-state index is 13.7. The fourth-order valence-corrected chi connectivity index (χ4v) is 6.24. The van der Waals surface area contributed by atoms with Gasteiger partial charge in [-0.1, -0.05) is 13.3 Å². The average molecular weight is 458 g/mol. The largest absolute Gasteiger partial charge is 0.468 e. The van der Waals surface area contributed by atoms with Gasteiger partial charge in [-0.15, -0.1) is 11.3 Å². The van der Waals surface area contributed by atoms with Crippen molar-refractivity contribution in [1.29, 1.82) is 0 Å². The predicted octanol–water partition coefficient (Wildman–Crippen LogP) is 4.55. The van der Waals surface area contributed by atoms with Crippen molar-refractivity contribution in [3.63, 3.8) is 0 Å². The van der Waals surface area contributed by atoms with E-state index in [1.165, 1.54) is 13.5 Å². The highest BCUT2D eigenvalue weighted by atomic mass is 32.1. The molecule has 172 valence electrons. The first kappa shape index (κ1) is 22.8. The zero-order valence-corrected chi connectivity index (χ0v) is 20.0. The Hall–Kier alpha value is -2.41. The van der Waals surface area contributed by atoms with Crippen LogP contribution in [0.1, 0.15) is 68.0 Å². The van der Waals surface area contributed by atoms with Gasteiger partial charge in [0, 0.05) is 26.7 Å². The quantitative estimate of drug-likeness (QED) is 0.528. The Balaban J connectivity index is 1.75. The van der Waals surface area contributed by atoms with Crippen LogP contribution in [0.4, 0.5) is 0 Å². The highest BCUT2D eigenvalue weighted by molar-refractivity contribution is 7.12. The number of Topliss-reactive ketones (excluding diaryl/α,β-unsaturated/α-hetero) is 1. The first-order valence-corrected chi connectivity index (χ1v) is 12.2. The van der Waals surface area contributed by atoms with E-state index in [0.29, 0.717) is 17.6 Å². The highest BCUT2D eigenvalue weighted by Crippen LogP contribution is 2.47. The molecule has 6 nitrogen and oxygen atoms in total. The van der Waals surface area contributed by atoms with Crippen LogP contribution in [0.2, 0.25) is 0 Å². The first-order chi connectivity index (χ1) is 15.3. The van der Waals surface area contributed by atoms with E-state index >= 15 is 0 Å². The number of ether oxygens (including phenoxy) is 2. The van der Waals surface area contributed by atoms with E-state index in [1.807, 2.05) is 32.9 Å². The Morgan fingerprint density at radius 2 is 1.84 bits per heavy atom. The van der Waals surface area contributed by atoms with E-state index in [4.69, 9.17) is 9.47 Å². The molecule has 0 saturated heterocycles. The summed E-state index contributed by atoms with van der Waals surface area (Å²) in [6.45, 7) is 5.76. The Kier molecular flexibility index (Phi) is 6.56. The maximum absolute atomic E-state index is 13.7. The van der Waals surface area contributed by atoms with Crippen LogP contribution >= 0.6 is 11.3 Å². The molecular weight excluding hydrogens is 426 g/mol. The summed E-state index contributed by atoms with van der Waals surface area (Å²) < 4.78 is 10.9. The second-order valence-electron chi connectivity index (χ2n) is 9.15. The number of hydrogen-bond acceptors (Lipinski definition) is 7. The minimum Gasteiger partial charge on any atom is -0.468 e. The summed E-state index contributed by atoms with van der Waals surface area (Å²) in [4.78, 5) is 41.6. The molecule has 0 unspecified atom stereocenters. The van der Waals surface area contributed by atoms with Crippen LogP contribution in [0, 0.1) is 18.8 Å². The number of hydrogen-bond donors (Lipinski definition) is 1. The lowest BCUT2D eigenvalue weighted by molar-refractivity contribution is -0.151. The van der Waals surface area contributed by atoms with E-state index in [9.17, 15) is 14.4 Å². The van der Waals surface area contributed by atoms with E-state index in [2.05, 4.69) is 5.32 Å². The average Bonchev–Trinajstić information content (AvgIpc) is 3.19. The van der Waals surface area contributed by atoms with Crippen LogP contribution < -0.4 is 5.32 Å². The van der Waals surface area contributed by atoms with Crippen molar-refractivity contribution in [3.05, 3.63) is 44.4 Å². The zero-order chi connectivity index (χ0) is 23.0. The first-order valence-electron chi connectivity index (χ1n) is 11.4. The summed E-state index contributed by atoms with van der Waals surface area (Å²) >= 11 is 1.57. The molecule has 0 amide bonds. The number of allylic oxidation sites excluding steroid dienone is 3. The van der Waals surface area contributed by atoms with Gasteiger partial charge in [-0.25, -0.2) is 4.79 Å². The zero-order valence-electron chi connectivity index (χ0n) is 19.2. The van der Waals surface area contributed by atoms with Crippen molar-refractivity contribution in [3.8, 4) is 0 Å². The standard InChI is InChI=1S/C25H31NO5S/c1-13-12-17-21(23(27)19(13)24(28)30-4)22(18-11-10-14(2)32-18)20(15(3)26-17)25(29)31-16-8-6-5-7-9-16/h10-11,13,16,19,22,26H,5-9,12H2,1-4H3/t13-,19+,22+/m1/s1. The van der Waals surface area contributed by atoms with Gasteiger partial charge in [0.05, 0.1) is 18.6 Å². The lowest BCUT2D eigenvalue weighted by Crippen LogP contribution is -2.43. The van der Waals surface area contributed by atoms with Gasteiger partial charge in [-0.05, 0) is 64.0 Å². The molecule has 1 aromatic rings. The molecule has 0 spiro atoms. The van der Waals surface area contributed by atoms with Gasteiger partial charge in [0.15, 0.2) is 5.78 Å². The summed E-state index contributed by atoms with van der Waals surface area (Å²) in [6, 6.07) is 3.97. The number of thiophene rings is 1. The van der Waals surface area contributed by atoms with Crippen molar-refractivity contribution < 1.29 is 23.9 Å². The van der Waals surface area contributed by atoms with Gasteiger partial charge >= 0.3 is 11.9 Å². The molecule has 0 bridgehead atoms. The molecule has 0 aromatic carbocycles. The second kappa shape index (κ2) is 9.22. The lowest BCUT2D eigenvalue weighted by Gasteiger charge is -2.38. The van der Waals surface area contributed by atoms with Crippen LogP contribution in [0.25, 0.3) is 0 Å². The molecule has 32 heavy (non-hydrogen) atoms. The minimum atomic E-state index is -0.863. The molecule has 2 aliphatic carbocycles. The number of carbonyl (C=O) groups excluding carboxylic acids is 3. The molecule has 4 rings (SSSR count). The number of nitrogens with one attached hydrogen (secondary N) is 1. The van der Waals surface area contributed by atoms with E-state index < -0.39 is 17.8 Å². The third kappa shape index (κ3) is 4.15. The summed E-state index contributed by atoms with van der Waals surface area (Å²) in [5.41, 5.74) is 2.49. The van der Waals surface area contributed by atoms with Crippen molar-refractivity contribution in [2.45, 2.75) is 71.3 Å². The lowest BCUT2D eigenvalue weighted by atomic mass is 9.70. The third-order valence-electron chi connectivity index (χ3n) is 6.83. The molecule has 2 heterocycles. The molecule has 1 aromatic heterocycles. The molecule has 3 atom stereocenters. The highest BCUT2D eigenvalue weighted by Gasteiger charge is 2.47. The summed E-state index contributed by atoms with van der Waals surface area (Å²) in [5, 5.41) is 3.32. The molecule has 1 fully saturated rings. The summed E-state index contributed by atoms with van der Waals surface area (Å²) in [7, 11) is 1.31. The molecule has 1 saturated carbocycles. The molecule has 7 heteroatoms. The van der Waals surface area contributed by atoms with Gasteiger partial charge in [-0.2, -0.15) is 0 Å². The SMILES string of the molecule is COC(=O)[C@@H]1C(=O)C2=C(C[C@H]1C)NC(C)=C(C(=O)OC1CCCCC1)[C@@H]2c1ccc(C)s1. The van der Waals surface area contributed by atoms with Gasteiger partial charge < -0.3 is 14.8 Å². The van der Waals surface area contributed by atoms with Crippen molar-refractivity contribution >= 4 is 29.1 Å². The van der Waals surface area contributed by atoms with Crippen LogP contribution in [0.15, 0.2) is 34.7 Å². The molecule has 1 N–H and O–H groups in total. The number of carbonyl (C=O) groups is 3. The second-order valence-corrected chi connectivity index (χ2v) is 10.5. The monoisotopic (exact) mass is 457 g/mol. The Bertz CT molecular complexity index is 998. The molecule has 3 aliphatic rings. The number of dihydropyridines is 1. The number of ketones is 1. The molecule has 0 radical (unpaired) electrons. The van der Waals surface area contributed by atoms with Crippen LogP contribution in [-0.2, 0) is 23.9 Å².